The number of carbonyl (C=O) groups is 2. The van der Waals surface area contributed by atoms with Crippen molar-refractivity contribution in [2.24, 2.45) is 0 Å². The highest BCUT2D eigenvalue weighted by atomic mass is 32.2. The minimum Gasteiger partial charge on any atom is -0.326 e. The van der Waals surface area contributed by atoms with E-state index in [0.717, 1.165) is 44.6 Å². The first kappa shape index (κ1) is 21.5. The Kier molecular flexibility index (Phi) is 6.99. The maximum absolute atomic E-state index is 13.3. The van der Waals surface area contributed by atoms with Crippen molar-refractivity contribution < 1.29 is 9.59 Å². The first-order valence-electron chi connectivity index (χ1n) is 10.4. The molecule has 3 aromatic rings. The number of nitrogens with zero attached hydrogens (tertiary/aromatic N) is 1. The molecule has 3 aromatic carbocycles. The number of amides is 2. The van der Waals surface area contributed by atoms with Gasteiger partial charge in [-0.05, 0) is 48.9 Å². The summed E-state index contributed by atoms with van der Waals surface area (Å²) in [5.41, 5.74) is 2.62. The lowest BCUT2D eigenvalue weighted by atomic mass is 10.2. The van der Waals surface area contributed by atoms with Gasteiger partial charge >= 0.3 is 0 Å². The lowest BCUT2D eigenvalue weighted by Crippen LogP contribution is -2.29. The van der Waals surface area contributed by atoms with E-state index in [9.17, 15) is 9.59 Å². The van der Waals surface area contributed by atoms with Gasteiger partial charge in [-0.2, -0.15) is 0 Å². The van der Waals surface area contributed by atoms with E-state index in [2.05, 4.69) is 12.2 Å². The van der Waals surface area contributed by atoms with E-state index in [-0.39, 0.29) is 11.8 Å². The van der Waals surface area contributed by atoms with Gasteiger partial charge < -0.3 is 5.32 Å². The number of rotatable bonds is 7. The Hall–Kier alpha value is -2.70. The molecule has 0 unspecified atom stereocenters. The van der Waals surface area contributed by atoms with E-state index in [0.29, 0.717) is 12.2 Å². The Labute approximate surface area is 191 Å². The molecule has 0 saturated carbocycles. The van der Waals surface area contributed by atoms with Crippen molar-refractivity contribution in [1.82, 2.24) is 0 Å². The second-order valence-electron chi connectivity index (χ2n) is 7.23. The first-order chi connectivity index (χ1) is 15.2. The van der Waals surface area contributed by atoms with Gasteiger partial charge in [0.25, 0.3) is 0 Å². The van der Waals surface area contributed by atoms with Gasteiger partial charge in [-0.25, -0.2) is 0 Å². The topological polar surface area (TPSA) is 49.4 Å². The van der Waals surface area contributed by atoms with E-state index in [1.54, 1.807) is 11.8 Å². The van der Waals surface area contributed by atoms with E-state index in [1.807, 2.05) is 77.7 Å². The number of nitrogens with one attached hydrogen (secondary N) is 1. The zero-order chi connectivity index (χ0) is 21.6. The summed E-state index contributed by atoms with van der Waals surface area (Å²) >= 11 is 3.17. The highest BCUT2D eigenvalue weighted by Gasteiger charge is 2.27. The predicted octanol–water partition coefficient (Wildman–Crippen LogP) is 6.74. The maximum atomic E-state index is 13.3. The van der Waals surface area contributed by atoms with Crippen LogP contribution in [0.3, 0.4) is 0 Å². The summed E-state index contributed by atoms with van der Waals surface area (Å²) in [6.45, 7) is 2.07. The van der Waals surface area contributed by atoms with Crippen LogP contribution in [0.4, 0.5) is 17.1 Å². The van der Waals surface area contributed by atoms with Crippen molar-refractivity contribution in [2.45, 2.75) is 40.9 Å². The number of fused-ring (bicyclic) bond motifs is 2. The fourth-order valence-electron chi connectivity index (χ4n) is 3.41. The van der Waals surface area contributed by atoms with Crippen LogP contribution in [0.15, 0.2) is 87.5 Å². The molecule has 0 radical (unpaired) electrons. The van der Waals surface area contributed by atoms with Crippen LogP contribution in [-0.4, -0.2) is 17.6 Å². The molecule has 1 heterocycles. The average molecular weight is 449 g/mol. The predicted molar refractivity (Wildman–Crippen MR) is 129 cm³/mol. The first-order valence-corrected chi connectivity index (χ1v) is 12.2. The lowest BCUT2D eigenvalue weighted by Gasteiger charge is -2.31. The standard InChI is InChI=1S/C25H24N2O2S2/c1-2-3-15-24(28)26-18-9-8-10-19(16-18)30-17-25(29)27-20-11-4-6-13-22(20)31-23-14-7-5-12-21(23)27/h4-14,16H,2-3,15,17H2,1H3,(H,26,28). The van der Waals surface area contributed by atoms with Crippen LogP contribution in [0.5, 0.6) is 0 Å². The SMILES string of the molecule is CCCCC(=O)Nc1cccc(SCC(=O)N2c3ccccc3Sc3ccccc32)c1. The second kappa shape index (κ2) is 10.1. The van der Waals surface area contributed by atoms with Gasteiger partial charge in [-0.15, -0.1) is 11.8 Å². The van der Waals surface area contributed by atoms with Crippen LogP contribution in [0.25, 0.3) is 0 Å². The molecule has 0 fully saturated rings. The minimum absolute atomic E-state index is 0.0270. The van der Waals surface area contributed by atoms with Gasteiger partial charge in [0, 0.05) is 26.8 Å². The number of benzene rings is 3. The highest BCUT2D eigenvalue weighted by Crippen LogP contribution is 2.48. The Balaban J connectivity index is 1.48. The zero-order valence-electron chi connectivity index (χ0n) is 17.3. The molecule has 0 spiro atoms. The van der Waals surface area contributed by atoms with Crippen molar-refractivity contribution in [3.63, 3.8) is 0 Å². The summed E-state index contributed by atoms with van der Waals surface area (Å²) in [4.78, 5) is 30.2. The van der Waals surface area contributed by atoms with Crippen molar-refractivity contribution in [3.8, 4) is 0 Å². The van der Waals surface area contributed by atoms with E-state index < -0.39 is 0 Å². The molecule has 0 bridgehead atoms. The summed E-state index contributed by atoms with van der Waals surface area (Å²) in [6.07, 6.45) is 2.40. The number of unbranched alkanes of at least 4 members (excludes halogenated alkanes) is 1. The zero-order valence-corrected chi connectivity index (χ0v) is 19.0. The molecule has 1 N–H and O–H groups in total. The number of anilines is 3. The molecule has 6 heteroatoms. The van der Waals surface area contributed by atoms with Crippen LogP contribution in [0.2, 0.25) is 0 Å². The lowest BCUT2D eigenvalue weighted by molar-refractivity contribution is -0.116. The Bertz CT molecular complexity index is 1050. The summed E-state index contributed by atoms with van der Waals surface area (Å²) < 4.78 is 0. The number of thioether (sulfide) groups is 1. The van der Waals surface area contributed by atoms with Gasteiger partial charge in [0.05, 0.1) is 17.1 Å². The van der Waals surface area contributed by atoms with Gasteiger partial charge in [0.1, 0.15) is 0 Å². The molecule has 31 heavy (non-hydrogen) atoms. The molecule has 0 saturated heterocycles. The molecule has 0 atom stereocenters. The highest BCUT2D eigenvalue weighted by molar-refractivity contribution is 8.00. The normalized spacial score (nSPS) is 12.1. The number of para-hydroxylation sites is 2. The smallest absolute Gasteiger partial charge is 0.241 e. The molecular weight excluding hydrogens is 424 g/mol. The minimum atomic E-state index is 0.0270. The molecule has 4 nitrogen and oxygen atoms in total. The van der Waals surface area contributed by atoms with Crippen LogP contribution >= 0.6 is 23.5 Å². The van der Waals surface area contributed by atoms with Crippen LogP contribution in [0, 0.1) is 0 Å². The fourth-order valence-corrected chi connectivity index (χ4v) is 5.27. The van der Waals surface area contributed by atoms with Gasteiger partial charge in [0.15, 0.2) is 0 Å². The third-order valence-electron chi connectivity index (χ3n) is 4.92. The Morgan fingerprint density at radius 1 is 0.935 bits per heavy atom. The summed E-state index contributed by atoms with van der Waals surface area (Å²) in [6, 6.07) is 23.7. The van der Waals surface area contributed by atoms with Gasteiger partial charge in [0.2, 0.25) is 11.8 Å². The molecule has 1 aliphatic heterocycles. The maximum Gasteiger partial charge on any atom is 0.241 e. The summed E-state index contributed by atoms with van der Waals surface area (Å²) in [5, 5.41) is 2.94. The molecule has 2 amide bonds. The second-order valence-corrected chi connectivity index (χ2v) is 9.37. The third-order valence-corrected chi connectivity index (χ3v) is 7.03. The average Bonchev–Trinajstić information content (AvgIpc) is 2.80. The molecule has 158 valence electrons. The summed E-state index contributed by atoms with van der Waals surface area (Å²) in [5.74, 6) is 0.363. The van der Waals surface area contributed by atoms with Crippen molar-refractivity contribution in [2.75, 3.05) is 16.0 Å². The van der Waals surface area contributed by atoms with Crippen LogP contribution in [0.1, 0.15) is 26.2 Å². The van der Waals surface area contributed by atoms with Crippen LogP contribution in [-0.2, 0) is 9.59 Å². The number of hydrogen-bond acceptors (Lipinski definition) is 4. The molecular formula is C25H24N2O2S2. The van der Waals surface area contributed by atoms with Gasteiger partial charge in [-0.3, -0.25) is 14.5 Å². The van der Waals surface area contributed by atoms with E-state index in [4.69, 9.17) is 0 Å². The van der Waals surface area contributed by atoms with Crippen LogP contribution < -0.4 is 10.2 Å². The van der Waals surface area contributed by atoms with E-state index in [1.165, 1.54) is 11.8 Å². The van der Waals surface area contributed by atoms with Crippen molar-refractivity contribution in [1.29, 1.82) is 0 Å². The molecule has 1 aliphatic rings. The fraction of sp³-hybridized carbons (Fsp3) is 0.200. The molecule has 0 aliphatic carbocycles. The van der Waals surface area contributed by atoms with Gasteiger partial charge in [-0.1, -0.05) is 55.4 Å². The van der Waals surface area contributed by atoms with Crippen molar-refractivity contribution >= 4 is 52.4 Å². The Morgan fingerprint density at radius 2 is 1.61 bits per heavy atom. The monoisotopic (exact) mass is 448 g/mol. The summed E-state index contributed by atoms with van der Waals surface area (Å²) in [7, 11) is 0. The number of carbonyl (C=O) groups excluding carboxylic acids is 2. The molecule has 0 aromatic heterocycles. The quantitative estimate of drug-likeness (QED) is 0.407. The number of hydrogen-bond donors (Lipinski definition) is 1. The largest absolute Gasteiger partial charge is 0.326 e. The molecule has 4 rings (SSSR count). The van der Waals surface area contributed by atoms with Crippen molar-refractivity contribution in [3.05, 3.63) is 72.8 Å². The third kappa shape index (κ3) is 5.14. The van der Waals surface area contributed by atoms with E-state index >= 15 is 0 Å². The Morgan fingerprint density at radius 3 is 2.29 bits per heavy atom.